The molecule has 0 bridgehead atoms. The minimum Gasteiger partial charge on any atom is -0.369 e. The van der Waals surface area contributed by atoms with Gasteiger partial charge in [0.05, 0.1) is 18.1 Å². The highest BCUT2D eigenvalue weighted by Gasteiger charge is 2.23. The maximum atomic E-state index is 4.49. The van der Waals surface area contributed by atoms with Gasteiger partial charge in [0.15, 0.2) is 0 Å². The molecule has 2 rings (SSSR count). The van der Waals surface area contributed by atoms with E-state index < -0.39 is 0 Å². The molecule has 4 heteroatoms. The van der Waals surface area contributed by atoms with E-state index in [2.05, 4.69) is 41.0 Å². The summed E-state index contributed by atoms with van der Waals surface area (Å²) in [4.78, 5) is 11.4. The smallest absolute Gasteiger partial charge is 0.144 e. The van der Waals surface area contributed by atoms with E-state index in [1.807, 2.05) is 12.4 Å². The molecule has 1 N–H and O–H groups in total. The molecule has 1 aliphatic heterocycles. The summed E-state index contributed by atoms with van der Waals surface area (Å²) < 4.78 is 0. The molecule has 2 heterocycles. The van der Waals surface area contributed by atoms with Crippen LogP contribution in [0.2, 0.25) is 0 Å². The third-order valence-corrected chi connectivity index (χ3v) is 3.88. The van der Waals surface area contributed by atoms with Crippen LogP contribution in [0.3, 0.4) is 0 Å². The maximum Gasteiger partial charge on any atom is 0.144 e. The number of aromatic nitrogens is 2. The first-order valence-corrected chi connectivity index (χ1v) is 7.36. The molecule has 0 spiro atoms. The van der Waals surface area contributed by atoms with Crippen molar-refractivity contribution in [3.05, 3.63) is 18.1 Å². The molecular weight excluding hydrogens is 236 g/mol. The van der Waals surface area contributed by atoms with Gasteiger partial charge in [0.2, 0.25) is 0 Å². The SMILES string of the molecule is CCNc1cnc(CN2CCCC(C)(C)CC2)cn1. The molecule has 1 saturated heterocycles. The van der Waals surface area contributed by atoms with Crippen LogP contribution in [0.5, 0.6) is 0 Å². The van der Waals surface area contributed by atoms with Crippen molar-refractivity contribution in [1.82, 2.24) is 14.9 Å². The summed E-state index contributed by atoms with van der Waals surface area (Å²) in [6.07, 6.45) is 7.62. The van der Waals surface area contributed by atoms with E-state index >= 15 is 0 Å². The van der Waals surface area contributed by atoms with Gasteiger partial charge in [-0.15, -0.1) is 0 Å². The van der Waals surface area contributed by atoms with Crippen molar-refractivity contribution in [3.63, 3.8) is 0 Å². The average molecular weight is 262 g/mol. The van der Waals surface area contributed by atoms with E-state index in [9.17, 15) is 0 Å². The van der Waals surface area contributed by atoms with Gasteiger partial charge < -0.3 is 5.32 Å². The van der Waals surface area contributed by atoms with Crippen molar-refractivity contribution in [2.24, 2.45) is 5.41 Å². The number of hydrogen-bond donors (Lipinski definition) is 1. The highest BCUT2D eigenvalue weighted by Crippen LogP contribution is 2.30. The summed E-state index contributed by atoms with van der Waals surface area (Å²) in [5.74, 6) is 0.864. The molecule has 1 aromatic rings. The molecule has 1 aliphatic rings. The summed E-state index contributed by atoms with van der Waals surface area (Å²) in [5, 5.41) is 3.17. The Morgan fingerprint density at radius 1 is 1.21 bits per heavy atom. The lowest BCUT2D eigenvalue weighted by atomic mass is 9.85. The maximum absolute atomic E-state index is 4.49. The summed E-state index contributed by atoms with van der Waals surface area (Å²) in [5.41, 5.74) is 1.57. The van der Waals surface area contributed by atoms with Gasteiger partial charge in [-0.3, -0.25) is 9.88 Å². The normalized spacial score (nSPS) is 19.9. The Kier molecular flexibility index (Phi) is 4.75. The molecule has 0 radical (unpaired) electrons. The molecule has 0 unspecified atom stereocenters. The third-order valence-electron chi connectivity index (χ3n) is 3.88. The van der Waals surface area contributed by atoms with Crippen molar-refractivity contribution >= 4 is 5.82 Å². The molecular formula is C15H26N4. The van der Waals surface area contributed by atoms with Gasteiger partial charge in [-0.1, -0.05) is 13.8 Å². The second-order valence-electron chi connectivity index (χ2n) is 6.22. The summed E-state index contributed by atoms with van der Waals surface area (Å²) in [7, 11) is 0. The van der Waals surface area contributed by atoms with Crippen molar-refractivity contribution in [2.75, 3.05) is 25.0 Å². The minimum absolute atomic E-state index is 0.495. The van der Waals surface area contributed by atoms with Crippen LogP contribution >= 0.6 is 0 Å². The fourth-order valence-electron chi connectivity index (χ4n) is 2.57. The first-order chi connectivity index (χ1) is 9.09. The summed E-state index contributed by atoms with van der Waals surface area (Å²) in [6, 6.07) is 0. The highest BCUT2D eigenvalue weighted by molar-refractivity contribution is 5.30. The number of nitrogens with one attached hydrogen (secondary N) is 1. The molecule has 19 heavy (non-hydrogen) atoms. The molecule has 0 amide bonds. The van der Waals surface area contributed by atoms with Crippen LogP contribution in [0.4, 0.5) is 5.82 Å². The van der Waals surface area contributed by atoms with Crippen LogP contribution in [0, 0.1) is 5.41 Å². The fourth-order valence-corrected chi connectivity index (χ4v) is 2.57. The standard InChI is InChI=1S/C15H26N4/c1-4-16-14-11-17-13(10-18-14)12-19-8-5-6-15(2,3)7-9-19/h10-11H,4-9,12H2,1-3H3,(H,16,18). The minimum atomic E-state index is 0.495. The average Bonchev–Trinajstić information content (AvgIpc) is 2.54. The molecule has 1 aromatic heterocycles. The van der Waals surface area contributed by atoms with Crippen LogP contribution < -0.4 is 5.32 Å². The Hall–Kier alpha value is -1.16. The number of hydrogen-bond acceptors (Lipinski definition) is 4. The van der Waals surface area contributed by atoms with Crippen LogP contribution in [-0.4, -0.2) is 34.5 Å². The summed E-state index contributed by atoms with van der Waals surface area (Å²) >= 11 is 0. The van der Waals surface area contributed by atoms with E-state index in [1.165, 1.54) is 32.4 Å². The Morgan fingerprint density at radius 3 is 2.74 bits per heavy atom. The first kappa shape index (κ1) is 14.3. The topological polar surface area (TPSA) is 41.1 Å². The zero-order valence-electron chi connectivity index (χ0n) is 12.4. The van der Waals surface area contributed by atoms with E-state index in [4.69, 9.17) is 0 Å². The third kappa shape index (κ3) is 4.46. The van der Waals surface area contributed by atoms with Crippen LogP contribution in [-0.2, 0) is 6.54 Å². The molecule has 106 valence electrons. The molecule has 0 saturated carbocycles. The summed E-state index contributed by atoms with van der Waals surface area (Å²) in [6.45, 7) is 11.0. The van der Waals surface area contributed by atoms with Crippen molar-refractivity contribution in [1.29, 1.82) is 0 Å². The predicted octanol–water partition coefficient (Wildman–Crippen LogP) is 2.92. The molecule has 0 aromatic carbocycles. The lowest BCUT2D eigenvalue weighted by Gasteiger charge is -2.23. The van der Waals surface area contributed by atoms with Gasteiger partial charge in [-0.2, -0.15) is 0 Å². The second-order valence-corrected chi connectivity index (χ2v) is 6.22. The van der Waals surface area contributed by atoms with Gasteiger partial charge in [0.25, 0.3) is 0 Å². The van der Waals surface area contributed by atoms with Gasteiger partial charge in [0.1, 0.15) is 5.82 Å². The number of anilines is 1. The van der Waals surface area contributed by atoms with Crippen LogP contribution in [0.25, 0.3) is 0 Å². The quantitative estimate of drug-likeness (QED) is 0.906. The van der Waals surface area contributed by atoms with Crippen LogP contribution in [0.1, 0.15) is 45.7 Å². The Labute approximate surface area is 116 Å². The van der Waals surface area contributed by atoms with Gasteiger partial charge in [-0.05, 0) is 44.7 Å². The Morgan fingerprint density at radius 2 is 2.05 bits per heavy atom. The van der Waals surface area contributed by atoms with Gasteiger partial charge in [0, 0.05) is 13.1 Å². The number of rotatable bonds is 4. The van der Waals surface area contributed by atoms with Crippen molar-refractivity contribution in [2.45, 2.75) is 46.6 Å². The zero-order chi connectivity index (χ0) is 13.7. The van der Waals surface area contributed by atoms with Gasteiger partial charge >= 0.3 is 0 Å². The molecule has 1 fully saturated rings. The van der Waals surface area contributed by atoms with E-state index in [0.717, 1.165) is 24.6 Å². The second kappa shape index (κ2) is 6.33. The first-order valence-electron chi connectivity index (χ1n) is 7.36. The van der Waals surface area contributed by atoms with Crippen LogP contribution in [0.15, 0.2) is 12.4 Å². The molecule has 0 aliphatic carbocycles. The lowest BCUT2D eigenvalue weighted by molar-refractivity contribution is 0.253. The zero-order valence-corrected chi connectivity index (χ0v) is 12.4. The Balaban J connectivity index is 1.90. The van der Waals surface area contributed by atoms with E-state index in [-0.39, 0.29) is 0 Å². The van der Waals surface area contributed by atoms with Gasteiger partial charge in [-0.25, -0.2) is 4.98 Å². The fraction of sp³-hybridized carbons (Fsp3) is 0.733. The number of nitrogens with zero attached hydrogens (tertiary/aromatic N) is 3. The number of likely N-dealkylation sites (tertiary alicyclic amines) is 1. The lowest BCUT2D eigenvalue weighted by Crippen LogP contribution is -2.25. The van der Waals surface area contributed by atoms with Crippen molar-refractivity contribution < 1.29 is 0 Å². The Bertz CT molecular complexity index is 386. The molecule has 4 nitrogen and oxygen atoms in total. The van der Waals surface area contributed by atoms with E-state index in [0.29, 0.717) is 5.41 Å². The molecule has 0 atom stereocenters. The predicted molar refractivity (Wildman–Crippen MR) is 79.1 cm³/mol. The monoisotopic (exact) mass is 262 g/mol. The van der Waals surface area contributed by atoms with E-state index in [1.54, 1.807) is 0 Å². The largest absolute Gasteiger partial charge is 0.369 e. The highest BCUT2D eigenvalue weighted by atomic mass is 15.1. The van der Waals surface area contributed by atoms with Crippen molar-refractivity contribution in [3.8, 4) is 0 Å².